The van der Waals surface area contributed by atoms with E-state index in [0.717, 1.165) is 0 Å². The number of hydrogen-bond donors (Lipinski definition) is 0. The average molecular weight is 228 g/mol. The Morgan fingerprint density at radius 3 is 1.14 bits per heavy atom. The molecule has 0 atom stereocenters. The van der Waals surface area contributed by atoms with Crippen LogP contribution in [0.2, 0.25) is 0 Å². The van der Waals surface area contributed by atoms with Crippen molar-refractivity contribution in [2.45, 2.75) is 0 Å². The molecule has 0 aromatic rings. The van der Waals surface area contributed by atoms with Crippen molar-refractivity contribution < 1.29 is 0 Å². The third kappa shape index (κ3) is 38.1. The Morgan fingerprint density at radius 2 is 1.14 bits per heavy atom. The third-order valence-corrected chi connectivity index (χ3v) is 0.643. The molecule has 4 heteroatoms. The van der Waals surface area contributed by atoms with E-state index in [4.69, 9.17) is 34.8 Å². The summed E-state index contributed by atoms with van der Waals surface area (Å²) >= 11 is 17.9. The molecule has 0 bridgehead atoms. The normalized spacial score (nSPS) is 6.86. The van der Waals surface area contributed by atoms with Gasteiger partial charge >= 0.3 is 0 Å². The first-order valence-electron chi connectivity index (χ1n) is 1.57. The highest BCUT2D eigenvalue weighted by atomic mass is 79.9. The van der Waals surface area contributed by atoms with E-state index >= 15 is 0 Å². The lowest BCUT2D eigenvalue weighted by molar-refractivity contribution is 1.52. The Kier molecular flexibility index (Phi) is 25.0. The molecule has 0 saturated heterocycles. The maximum Gasteiger partial charge on any atom is 0.0778 e. The summed E-state index contributed by atoms with van der Waals surface area (Å²) in [6, 6.07) is 0. The minimum absolute atomic E-state index is 0.535. The summed E-state index contributed by atoms with van der Waals surface area (Å²) in [5, 5.41) is 0. The molecule has 0 unspecified atom stereocenters. The molecule has 0 rings (SSSR count). The molecule has 0 aromatic carbocycles. The fourth-order valence-electron chi connectivity index (χ4n) is 0. The summed E-state index contributed by atoms with van der Waals surface area (Å²) in [7, 11) is 0. The standard InChI is InChI=1S/C2H4Cl2.CH2BrCl/c3-1-2-4;2-1-3/h1-2H2;1H2. The molecule has 0 N–H and O–H groups in total. The molecule has 0 aliphatic carbocycles. The van der Waals surface area contributed by atoms with Crippen LogP contribution in [0.4, 0.5) is 0 Å². The summed E-state index contributed by atoms with van der Waals surface area (Å²) in [6.07, 6.45) is 0. The summed E-state index contributed by atoms with van der Waals surface area (Å²) in [4.78, 5) is 0.535. The highest BCUT2D eigenvalue weighted by Crippen LogP contribution is 1.78. The SMILES string of the molecule is ClCBr.ClCCCl. The molecule has 0 spiro atoms. The van der Waals surface area contributed by atoms with Crippen molar-refractivity contribution >= 4 is 50.7 Å². The smallest absolute Gasteiger partial charge is 0.0778 e. The van der Waals surface area contributed by atoms with Crippen molar-refractivity contribution in [1.82, 2.24) is 0 Å². The maximum atomic E-state index is 5.05. The lowest BCUT2D eigenvalue weighted by Gasteiger charge is -1.63. The van der Waals surface area contributed by atoms with Gasteiger partial charge in [0.25, 0.3) is 0 Å². The average Bonchev–Trinajstić information content (AvgIpc) is 1.69. The van der Waals surface area contributed by atoms with Gasteiger partial charge in [-0.1, -0.05) is 15.9 Å². The molecule has 7 heavy (non-hydrogen) atoms. The van der Waals surface area contributed by atoms with Crippen LogP contribution in [0.1, 0.15) is 0 Å². The van der Waals surface area contributed by atoms with E-state index in [1.165, 1.54) is 0 Å². The summed E-state index contributed by atoms with van der Waals surface area (Å²) in [6.45, 7) is 0. The Bertz CT molecular complexity index is 17.7. The zero-order chi connectivity index (χ0) is 6.12. The molecular weight excluding hydrogens is 222 g/mol. The molecule has 0 aliphatic rings. The van der Waals surface area contributed by atoms with E-state index in [1.807, 2.05) is 0 Å². The van der Waals surface area contributed by atoms with Crippen LogP contribution in [0.25, 0.3) is 0 Å². The molecular formula is C3H6BrCl3. The Morgan fingerprint density at radius 1 is 1.00 bits per heavy atom. The summed E-state index contributed by atoms with van der Waals surface area (Å²) in [5.41, 5.74) is 0. The zero-order valence-electron chi connectivity index (χ0n) is 3.63. The van der Waals surface area contributed by atoms with Gasteiger partial charge in [-0.15, -0.1) is 34.8 Å². The Hall–Kier alpha value is 1.35. The van der Waals surface area contributed by atoms with Gasteiger partial charge in [0.1, 0.15) is 0 Å². The maximum absolute atomic E-state index is 5.05. The molecule has 0 aliphatic heterocycles. The molecule has 0 nitrogen and oxygen atoms in total. The highest BCUT2D eigenvalue weighted by molar-refractivity contribution is 9.09. The van der Waals surface area contributed by atoms with Gasteiger partial charge in [0.2, 0.25) is 0 Å². The van der Waals surface area contributed by atoms with E-state index in [-0.39, 0.29) is 0 Å². The van der Waals surface area contributed by atoms with Gasteiger partial charge in [-0.25, -0.2) is 0 Å². The minimum Gasteiger partial charge on any atom is -0.125 e. The first-order chi connectivity index (χ1) is 3.33. The second-order valence-electron chi connectivity index (χ2n) is 0.479. The number of alkyl halides is 4. The summed E-state index contributed by atoms with van der Waals surface area (Å²) < 4.78 is 0. The second kappa shape index (κ2) is 15.7. The van der Waals surface area contributed by atoms with Crippen molar-refractivity contribution in [3.05, 3.63) is 0 Å². The Balaban J connectivity index is 0. The number of rotatable bonds is 1. The zero-order valence-corrected chi connectivity index (χ0v) is 7.49. The van der Waals surface area contributed by atoms with Crippen LogP contribution in [0, 0.1) is 0 Å². The summed E-state index contributed by atoms with van der Waals surface area (Å²) in [5.74, 6) is 1.11. The van der Waals surface area contributed by atoms with E-state index < -0.39 is 0 Å². The molecule has 0 radical (unpaired) electrons. The molecule has 46 valence electrons. The van der Waals surface area contributed by atoms with Crippen LogP contribution in [-0.2, 0) is 0 Å². The monoisotopic (exact) mass is 226 g/mol. The lowest BCUT2D eigenvalue weighted by Crippen LogP contribution is -1.63. The largest absolute Gasteiger partial charge is 0.125 e. The van der Waals surface area contributed by atoms with Crippen molar-refractivity contribution in [1.29, 1.82) is 0 Å². The van der Waals surface area contributed by atoms with E-state index in [2.05, 4.69) is 15.9 Å². The quantitative estimate of drug-likeness (QED) is 0.605. The fourth-order valence-corrected chi connectivity index (χ4v) is 0. The van der Waals surface area contributed by atoms with E-state index in [1.54, 1.807) is 0 Å². The van der Waals surface area contributed by atoms with Gasteiger partial charge < -0.3 is 0 Å². The van der Waals surface area contributed by atoms with Gasteiger partial charge in [-0.2, -0.15) is 0 Å². The molecule has 0 heterocycles. The molecule has 0 fully saturated rings. The van der Waals surface area contributed by atoms with Crippen LogP contribution in [-0.4, -0.2) is 16.5 Å². The van der Waals surface area contributed by atoms with Crippen LogP contribution in [0.5, 0.6) is 0 Å². The van der Waals surface area contributed by atoms with Crippen molar-refractivity contribution in [2.75, 3.05) is 16.5 Å². The second-order valence-corrected chi connectivity index (χ2v) is 2.71. The predicted molar refractivity (Wildman–Crippen MR) is 41.1 cm³/mol. The van der Waals surface area contributed by atoms with E-state index in [9.17, 15) is 0 Å². The topological polar surface area (TPSA) is 0 Å². The van der Waals surface area contributed by atoms with Crippen molar-refractivity contribution in [2.24, 2.45) is 0 Å². The van der Waals surface area contributed by atoms with Gasteiger partial charge in [-0.05, 0) is 0 Å². The first kappa shape index (κ1) is 11.2. The van der Waals surface area contributed by atoms with Crippen LogP contribution < -0.4 is 0 Å². The van der Waals surface area contributed by atoms with Crippen molar-refractivity contribution in [3.8, 4) is 0 Å². The van der Waals surface area contributed by atoms with Gasteiger partial charge in [0.05, 0.1) is 4.79 Å². The fraction of sp³-hybridized carbons (Fsp3) is 1.00. The minimum atomic E-state index is 0.535. The van der Waals surface area contributed by atoms with Gasteiger partial charge in [0, 0.05) is 11.8 Å². The highest BCUT2D eigenvalue weighted by Gasteiger charge is 1.61. The van der Waals surface area contributed by atoms with Crippen molar-refractivity contribution in [3.63, 3.8) is 0 Å². The van der Waals surface area contributed by atoms with Gasteiger partial charge in [-0.3, -0.25) is 0 Å². The predicted octanol–water partition coefficient (Wildman–Crippen LogP) is 3.04. The number of halogens is 4. The number of hydrogen-bond acceptors (Lipinski definition) is 0. The van der Waals surface area contributed by atoms with E-state index in [0.29, 0.717) is 16.5 Å². The molecule has 0 aromatic heterocycles. The van der Waals surface area contributed by atoms with Crippen LogP contribution in [0.15, 0.2) is 0 Å². The first-order valence-corrected chi connectivity index (χ1v) is 4.29. The Labute approximate surface area is 67.3 Å². The lowest BCUT2D eigenvalue weighted by atomic mass is 11.0. The molecule has 0 amide bonds. The van der Waals surface area contributed by atoms with Crippen LogP contribution >= 0.6 is 50.7 Å². The van der Waals surface area contributed by atoms with Crippen LogP contribution in [0.3, 0.4) is 0 Å². The molecule has 0 saturated carbocycles. The van der Waals surface area contributed by atoms with Gasteiger partial charge in [0.15, 0.2) is 0 Å². The third-order valence-electron chi connectivity index (χ3n) is 0.0714.